The Kier molecular flexibility index (Phi) is 15.6. The monoisotopic (exact) mass is 817 g/mol. The topological polar surface area (TPSA) is 106 Å². The van der Waals surface area contributed by atoms with Crippen molar-refractivity contribution >= 4 is 27.8 Å². The van der Waals surface area contributed by atoms with Crippen molar-refractivity contribution in [2.45, 2.75) is 6.18 Å². The Hall–Kier alpha value is -3.76. The van der Waals surface area contributed by atoms with Gasteiger partial charge in [-0.15, -0.1) is 9.24 Å². The van der Waals surface area contributed by atoms with Crippen molar-refractivity contribution in [1.29, 1.82) is 0 Å². The fourth-order valence-electron chi connectivity index (χ4n) is 3.33. The maximum absolute atomic E-state index is 12.3. The van der Waals surface area contributed by atoms with Crippen LogP contribution in [-0.2, 0) is 26.0 Å². The molecule has 1 atom stereocenters. The Morgan fingerprint density at radius 1 is 0.636 bits per heavy atom. The van der Waals surface area contributed by atoms with Crippen LogP contribution in [0.2, 0.25) is 0 Å². The van der Waals surface area contributed by atoms with Crippen LogP contribution < -0.4 is 20.8 Å². The summed E-state index contributed by atoms with van der Waals surface area (Å²) >= 11 is 0. The molecule has 4 heterocycles. The molecule has 0 amide bonds. The summed E-state index contributed by atoms with van der Waals surface area (Å²) in [7, 11) is 1.87. The van der Waals surface area contributed by atoms with Crippen molar-refractivity contribution in [3.8, 4) is 23.0 Å². The molecule has 6 aromatic rings. The molecular formula is C29H27F4N8OsP2+. The Morgan fingerprint density at radius 2 is 1.07 bits per heavy atom. The van der Waals surface area contributed by atoms with E-state index in [-0.39, 0.29) is 37.1 Å². The van der Waals surface area contributed by atoms with E-state index in [1.807, 2.05) is 6.66 Å². The van der Waals surface area contributed by atoms with Gasteiger partial charge in [0.05, 0.1) is 36.6 Å². The molecule has 15 heteroatoms. The number of halogens is 4. The molecule has 0 aliphatic rings. The SMILES string of the molecule is CP.C[PH+](c1ccccc1)c1ccccc1.FC(F)(F)c1n[n-]c(-c2ccccn2)n1.Fc1n[n-]c(-c2ccccn2)n1.[Os+2]. The molecule has 0 fully saturated rings. The average Bonchev–Trinajstić information content (AvgIpc) is 3.74. The molecule has 0 N–H and O–H groups in total. The number of benzene rings is 2. The Balaban J connectivity index is 0.000000222. The standard InChI is InChI=1S/C13H13P.C8H4F3N4.C7H4FN4.CH5P.Os/c1-14(12-8-4-2-5-9-12)13-10-6-3-7-11-13;9-8(10,11)7-13-6(14-15-7)5-3-1-2-4-12-5;8-7-10-6(11-12-7)5-3-1-2-4-9-5;1-2;/h2-11H,1H3;1-4H;1-4H;2H2,1H3;/q;2*-1;;+2/p+1. The minimum Gasteiger partial charge on any atom is -0.413 e. The van der Waals surface area contributed by atoms with Gasteiger partial charge in [-0.2, -0.15) is 17.6 Å². The largest absolute Gasteiger partial charge is 2.00 e. The van der Waals surface area contributed by atoms with E-state index in [4.69, 9.17) is 0 Å². The van der Waals surface area contributed by atoms with Crippen molar-refractivity contribution in [3.63, 3.8) is 0 Å². The first-order valence-electron chi connectivity index (χ1n) is 12.6. The number of aromatic nitrogens is 8. The zero-order chi connectivity index (χ0) is 31.1. The summed E-state index contributed by atoms with van der Waals surface area (Å²) in [5.74, 6) is -1.15. The van der Waals surface area contributed by atoms with Crippen molar-refractivity contribution in [2.24, 2.45) is 0 Å². The third kappa shape index (κ3) is 11.4. The van der Waals surface area contributed by atoms with Crippen LogP contribution >= 0.6 is 17.2 Å². The minimum absolute atomic E-state index is 0. The molecule has 0 radical (unpaired) electrons. The first-order valence-corrected chi connectivity index (χ1v) is 15.8. The van der Waals surface area contributed by atoms with Crippen molar-refractivity contribution < 1.29 is 37.4 Å². The second-order valence-electron chi connectivity index (χ2n) is 8.15. The normalized spacial score (nSPS) is 10.2. The minimum atomic E-state index is -4.57. The van der Waals surface area contributed by atoms with E-state index in [1.165, 1.54) is 22.9 Å². The van der Waals surface area contributed by atoms with Crippen molar-refractivity contribution in [3.05, 3.63) is 121 Å². The molecule has 228 valence electrons. The number of hydrogen-bond acceptors (Lipinski definition) is 6. The molecule has 6 rings (SSSR count). The third-order valence-corrected chi connectivity index (χ3v) is 7.73. The number of hydrogen-bond donors (Lipinski definition) is 0. The summed E-state index contributed by atoms with van der Waals surface area (Å²) in [6, 6.07) is 31.5. The molecule has 2 aromatic carbocycles. The third-order valence-electron chi connectivity index (χ3n) is 5.33. The summed E-state index contributed by atoms with van der Waals surface area (Å²) in [6.45, 7) is 4.26. The van der Waals surface area contributed by atoms with E-state index >= 15 is 0 Å². The molecule has 8 nitrogen and oxygen atoms in total. The quantitative estimate of drug-likeness (QED) is 0.179. The van der Waals surface area contributed by atoms with E-state index in [2.05, 4.69) is 117 Å². The van der Waals surface area contributed by atoms with E-state index in [0.717, 1.165) is 0 Å². The molecule has 0 aliphatic heterocycles. The average molecular weight is 816 g/mol. The van der Waals surface area contributed by atoms with Crippen LogP contribution in [-0.4, -0.2) is 43.5 Å². The second-order valence-corrected chi connectivity index (χ2v) is 10.6. The summed E-state index contributed by atoms with van der Waals surface area (Å²) < 4.78 is 48.7. The first kappa shape index (κ1) is 36.4. The van der Waals surface area contributed by atoms with Gasteiger partial charge in [-0.05, 0) is 60.2 Å². The van der Waals surface area contributed by atoms with E-state index in [0.29, 0.717) is 5.69 Å². The van der Waals surface area contributed by atoms with Gasteiger partial charge < -0.3 is 20.2 Å². The Morgan fingerprint density at radius 3 is 1.43 bits per heavy atom. The maximum atomic E-state index is 12.3. The van der Waals surface area contributed by atoms with Gasteiger partial charge in [0, 0.05) is 12.4 Å². The van der Waals surface area contributed by atoms with Crippen LogP contribution in [0.4, 0.5) is 17.6 Å². The van der Waals surface area contributed by atoms with Crippen LogP contribution in [0.25, 0.3) is 23.0 Å². The molecule has 0 saturated heterocycles. The summed E-state index contributed by atoms with van der Waals surface area (Å²) in [5.41, 5.74) is 0.786. The smallest absolute Gasteiger partial charge is 0.413 e. The number of rotatable bonds is 4. The molecule has 0 aliphatic carbocycles. The second kappa shape index (κ2) is 18.8. The Bertz CT molecular complexity index is 1570. The summed E-state index contributed by atoms with van der Waals surface area (Å²) in [6.07, 6.45) is -2.36. The van der Waals surface area contributed by atoms with Gasteiger partial charge in [-0.1, -0.05) is 55.2 Å². The van der Waals surface area contributed by atoms with E-state index < -0.39 is 26.0 Å². The Labute approximate surface area is 268 Å². The molecule has 0 spiro atoms. The number of alkyl halides is 3. The van der Waals surface area contributed by atoms with Gasteiger partial charge in [-0.25, -0.2) is 5.10 Å². The van der Waals surface area contributed by atoms with Crippen molar-refractivity contribution in [2.75, 3.05) is 13.3 Å². The zero-order valence-corrected chi connectivity index (χ0v) is 28.1. The van der Waals surface area contributed by atoms with Crippen LogP contribution in [0.1, 0.15) is 5.82 Å². The molecule has 4 aromatic heterocycles. The maximum Gasteiger partial charge on any atom is 2.00 e. The first-order chi connectivity index (χ1) is 20.8. The summed E-state index contributed by atoms with van der Waals surface area (Å²) in [4.78, 5) is 14.4. The van der Waals surface area contributed by atoms with Crippen LogP contribution in [0.5, 0.6) is 0 Å². The van der Waals surface area contributed by atoms with Gasteiger partial charge in [0.25, 0.3) is 0 Å². The summed E-state index contributed by atoms with van der Waals surface area (Å²) in [5, 5.41) is 15.8. The van der Waals surface area contributed by atoms with Crippen LogP contribution in [0.3, 0.4) is 0 Å². The van der Waals surface area contributed by atoms with Gasteiger partial charge in [-0.3, -0.25) is 15.1 Å². The molecule has 0 bridgehead atoms. The van der Waals surface area contributed by atoms with Crippen LogP contribution in [0, 0.1) is 6.08 Å². The fraction of sp³-hybridized carbons (Fsp3) is 0.103. The fourth-order valence-corrected chi connectivity index (χ4v) is 5.05. The van der Waals surface area contributed by atoms with Gasteiger partial charge in [0.1, 0.15) is 5.82 Å². The molecule has 0 saturated carbocycles. The van der Waals surface area contributed by atoms with Gasteiger partial charge in [0.2, 0.25) is 6.08 Å². The van der Waals surface area contributed by atoms with Crippen molar-refractivity contribution in [1.82, 2.24) is 40.3 Å². The van der Waals surface area contributed by atoms with E-state index in [1.54, 1.807) is 36.5 Å². The van der Waals surface area contributed by atoms with E-state index in [9.17, 15) is 17.6 Å². The van der Waals surface area contributed by atoms with Crippen LogP contribution in [0.15, 0.2) is 109 Å². The predicted molar refractivity (Wildman–Crippen MR) is 164 cm³/mol. The zero-order valence-electron chi connectivity index (χ0n) is 23.4. The van der Waals surface area contributed by atoms with Gasteiger partial charge >= 0.3 is 26.0 Å². The predicted octanol–water partition coefficient (Wildman–Crippen LogP) is 5.12. The number of nitrogens with zero attached hydrogens (tertiary/aromatic N) is 8. The molecule has 1 unspecified atom stereocenters. The molecule has 44 heavy (non-hydrogen) atoms. The van der Waals surface area contributed by atoms with Gasteiger partial charge in [0.15, 0.2) is 0 Å². The molecular weight excluding hydrogens is 789 g/mol. The number of pyridine rings is 2.